The minimum absolute atomic E-state index is 0.421. The zero-order chi connectivity index (χ0) is 14.7. The number of carbonyl (C=O) groups is 1. The molecule has 0 spiro atoms. The van der Waals surface area contributed by atoms with Gasteiger partial charge in [0, 0.05) is 22.9 Å². The van der Waals surface area contributed by atoms with E-state index in [0.29, 0.717) is 11.3 Å². The molecule has 0 aliphatic carbocycles. The van der Waals surface area contributed by atoms with Gasteiger partial charge in [-0.2, -0.15) is 0 Å². The fourth-order valence-electron chi connectivity index (χ4n) is 2.05. The summed E-state index contributed by atoms with van der Waals surface area (Å²) in [5, 5.41) is 0.954. The lowest BCUT2D eigenvalue weighted by Crippen LogP contribution is -2.03. The van der Waals surface area contributed by atoms with Gasteiger partial charge in [0.05, 0.1) is 0 Å². The van der Waals surface area contributed by atoms with Crippen LogP contribution in [0.5, 0.6) is 5.75 Å². The van der Waals surface area contributed by atoms with Crippen LogP contribution in [0.3, 0.4) is 0 Å². The lowest BCUT2D eigenvalue weighted by atomic mass is 10.1. The van der Waals surface area contributed by atoms with Gasteiger partial charge in [-0.25, -0.2) is 4.79 Å². The molecule has 0 saturated heterocycles. The highest BCUT2D eigenvalue weighted by Gasteiger charge is 2.08. The highest BCUT2D eigenvalue weighted by molar-refractivity contribution is 5.91. The van der Waals surface area contributed by atoms with Gasteiger partial charge in [0.2, 0.25) is 0 Å². The molecule has 0 N–H and O–H groups in total. The first-order valence-electron chi connectivity index (χ1n) is 6.50. The van der Waals surface area contributed by atoms with E-state index in [2.05, 4.69) is 11.8 Å². The maximum absolute atomic E-state index is 11.3. The standard InChI is InChI=1S/C18H12O3/c1-2-6-18(19)20-15-10-9-14-11-16(21-17(14)12-15)13-7-4-3-5-8-13/h3-5,7-12H,1H3. The molecule has 0 radical (unpaired) electrons. The van der Waals surface area contributed by atoms with Crippen LogP contribution in [0.1, 0.15) is 6.92 Å². The molecule has 0 amide bonds. The molecule has 2 aromatic carbocycles. The number of ether oxygens (including phenoxy) is 1. The molecule has 0 unspecified atom stereocenters. The van der Waals surface area contributed by atoms with Crippen LogP contribution in [0.15, 0.2) is 59.0 Å². The van der Waals surface area contributed by atoms with E-state index < -0.39 is 5.97 Å². The molecule has 3 aromatic rings. The largest absolute Gasteiger partial charge is 0.456 e. The second-order valence-corrected chi connectivity index (χ2v) is 4.44. The predicted molar refractivity (Wildman–Crippen MR) is 80.7 cm³/mol. The maximum Gasteiger partial charge on any atom is 0.389 e. The number of hydrogen-bond donors (Lipinski definition) is 0. The topological polar surface area (TPSA) is 39.4 Å². The van der Waals surface area contributed by atoms with Gasteiger partial charge >= 0.3 is 5.97 Å². The van der Waals surface area contributed by atoms with Gasteiger partial charge in [-0.05, 0) is 25.1 Å². The van der Waals surface area contributed by atoms with Crippen molar-refractivity contribution in [3.8, 4) is 28.9 Å². The summed E-state index contributed by atoms with van der Waals surface area (Å²) in [6.07, 6.45) is 0. The lowest BCUT2D eigenvalue weighted by Gasteiger charge is -1.98. The molecule has 102 valence electrons. The highest BCUT2D eigenvalue weighted by Crippen LogP contribution is 2.30. The molecular formula is C18H12O3. The summed E-state index contributed by atoms with van der Waals surface area (Å²) < 4.78 is 10.9. The van der Waals surface area contributed by atoms with Crippen molar-refractivity contribution in [1.29, 1.82) is 0 Å². The summed E-state index contributed by atoms with van der Waals surface area (Å²) in [7, 11) is 0. The molecule has 0 saturated carbocycles. The number of carbonyl (C=O) groups excluding carboxylic acids is 1. The molecule has 3 heteroatoms. The van der Waals surface area contributed by atoms with Gasteiger partial charge < -0.3 is 9.15 Å². The SMILES string of the molecule is CC#CC(=O)Oc1ccc2cc(-c3ccccc3)oc2c1. The summed E-state index contributed by atoms with van der Waals surface area (Å²) in [4.78, 5) is 11.3. The van der Waals surface area contributed by atoms with Gasteiger partial charge in [0.15, 0.2) is 0 Å². The van der Waals surface area contributed by atoms with Crippen molar-refractivity contribution in [3.05, 3.63) is 54.6 Å². The summed E-state index contributed by atoms with van der Waals surface area (Å²) >= 11 is 0. The first-order chi connectivity index (χ1) is 10.3. The Morgan fingerprint density at radius 1 is 1.10 bits per heavy atom. The average Bonchev–Trinajstić information content (AvgIpc) is 2.91. The van der Waals surface area contributed by atoms with E-state index in [9.17, 15) is 4.79 Å². The maximum atomic E-state index is 11.3. The van der Waals surface area contributed by atoms with Gasteiger partial charge in [0.25, 0.3) is 0 Å². The van der Waals surface area contributed by atoms with Crippen LogP contribution >= 0.6 is 0 Å². The summed E-state index contributed by atoms with van der Waals surface area (Å²) in [6, 6.07) is 17.1. The molecule has 3 rings (SSSR count). The van der Waals surface area contributed by atoms with Crippen LogP contribution in [-0.4, -0.2) is 5.97 Å². The first-order valence-corrected chi connectivity index (χ1v) is 6.50. The van der Waals surface area contributed by atoms with Gasteiger partial charge in [-0.3, -0.25) is 0 Å². The molecule has 3 nitrogen and oxygen atoms in total. The van der Waals surface area contributed by atoms with Crippen molar-refractivity contribution in [3.63, 3.8) is 0 Å². The van der Waals surface area contributed by atoms with E-state index in [0.717, 1.165) is 16.7 Å². The van der Waals surface area contributed by atoms with E-state index >= 15 is 0 Å². The summed E-state index contributed by atoms with van der Waals surface area (Å²) in [6.45, 7) is 1.59. The molecule has 0 fully saturated rings. The minimum atomic E-state index is -0.577. The monoisotopic (exact) mass is 276 g/mol. The van der Waals surface area contributed by atoms with Crippen LogP contribution in [0.25, 0.3) is 22.3 Å². The molecule has 0 aliphatic rings. The zero-order valence-corrected chi connectivity index (χ0v) is 11.4. The van der Waals surface area contributed by atoms with Crippen LogP contribution in [0.4, 0.5) is 0 Å². The third-order valence-corrected chi connectivity index (χ3v) is 2.99. The minimum Gasteiger partial charge on any atom is -0.456 e. The lowest BCUT2D eigenvalue weighted by molar-refractivity contribution is -0.128. The Hall–Kier alpha value is -2.99. The smallest absolute Gasteiger partial charge is 0.389 e. The van der Waals surface area contributed by atoms with Crippen molar-refractivity contribution in [2.45, 2.75) is 6.92 Å². The van der Waals surface area contributed by atoms with Gasteiger partial charge in [0.1, 0.15) is 17.1 Å². The van der Waals surface area contributed by atoms with E-state index in [1.54, 1.807) is 19.1 Å². The first kappa shape index (κ1) is 13.0. The van der Waals surface area contributed by atoms with Gasteiger partial charge in [-0.1, -0.05) is 36.3 Å². The molecule has 1 heterocycles. The Morgan fingerprint density at radius 2 is 1.90 bits per heavy atom. The number of furan rings is 1. The highest BCUT2D eigenvalue weighted by atomic mass is 16.5. The Balaban J connectivity index is 1.95. The van der Waals surface area contributed by atoms with Crippen molar-refractivity contribution >= 4 is 16.9 Å². The van der Waals surface area contributed by atoms with E-state index in [-0.39, 0.29) is 0 Å². The van der Waals surface area contributed by atoms with Crippen molar-refractivity contribution < 1.29 is 13.9 Å². The Kier molecular flexibility index (Phi) is 3.44. The van der Waals surface area contributed by atoms with E-state index in [4.69, 9.17) is 9.15 Å². The van der Waals surface area contributed by atoms with Crippen LogP contribution in [0, 0.1) is 11.8 Å². The molecule has 0 aliphatic heterocycles. The average molecular weight is 276 g/mol. The number of esters is 1. The van der Waals surface area contributed by atoms with Crippen molar-refractivity contribution in [2.75, 3.05) is 0 Å². The summed E-state index contributed by atoms with van der Waals surface area (Å²) in [5.41, 5.74) is 1.67. The normalized spacial score (nSPS) is 9.95. The fourth-order valence-corrected chi connectivity index (χ4v) is 2.05. The Labute approximate surface area is 122 Å². The van der Waals surface area contributed by atoms with Crippen LogP contribution in [0.2, 0.25) is 0 Å². The molecular weight excluding hydrogens is 264 g/mol. The van der Waals surface area contributed by atoms with E-state index in [1.165, 1.54) is 0 Å². The molecule has 21 heavy (non-hydrogen) atoms. The second-order valence-electron chi connectivity index (χ2n) is 4.44. The third kappa shape index (κ3) is 2.80. The zero-order valence-electron chi connectivity index (χ0n) is 11.4. The number of fused-ring (bicyclic) bond motifs is 1. The van der Waals surface area contributed by atoms with Crippen LogP contribution in [-0.2, 0) is 4.79 Å². The predicted octanol–water partition coefficient (Wildman–Crippen LogP) is 4.03. The summed E-state index contributed by atoms with van der Waals surface area (Å²) in [5.74, 6) is 5.46. The van der Waals surface area contributed by atoms with Crippen molar-refractivity contribution in [1.82, 2.24) is 0 Å². The molecule has 0 atom stereocenters. The Bertz CT molecular complexity index is 848. The second kappa shape index (κ2) is 5.56. The number of rotatable bonds is 2. The fraction of sp³-hybridized carbons (Fsp3) is 0.0556. The quantitative estimate of drug-likeness (QED) is 0.307. The van der Waals surface area contributed by atoms with Crippen molar-refractivity contribution in [2.24, 2.45) is 0 Å². The molecule has 1 aromatic heterocycles. The third-order valence-electron chi connectivity index (χ3n) is 2.99. The molecule has 0 bridgehead atoms. The Morgan fingerprint density at radius 3 is 2.67 bits per heavy atom. The van der Waals surface area contributed by atoms with Crippen LogP contribution < -0.4 is 4.74 Å². The number of hydrogen-bond acceptors (Lipinski definition) is 3. The van der Waals surface area contributed by atoms with E-state index in [1.807, 2.05) is 42.5 Å². The number of benzene rings is 2. The van der Waals surface area contributed by atoms with Gasteiger partial charge in [-0.15, -0.1) is 0 Å².